The third-order valence-electron chi connectivity index (χ3n) is 1.80. The van der Waals surface area contributed by atoms with Crippen molar-refractivity contribution in [2.45, 2.75) is 13.5 Å². The van der Waals surface area contributed by atoms with Gasteiger partial charge in [-0.05, 0) is 24.1 Å². The highest BCUT2D eigenvalue weighted by atomic mass is 35.5. The summed E-state index contributed by atoms with van der Waals surface area (Å²) < 4.78 is 18.3. The number of hydrogen-bond acceptors (Lipinski definition) is 2. The van der Waals surface area contributed by atoms with E-state index in [4.69, 9.17) is 22.1 Å². The van der Waals surface area contributed by atoms with Crippen LogP contribution in [0, 0.1) is 12.7 Å². The van der Waals surface area contributed by atoms with Gasteiger partial charge in [-0.1, -0.05) is 17.7 Å². The lowest BCUT2D eigenvalue weighted by molar-refractivity contribution is 0.128. The first-order chi connectivity index (χ1) is 6.65. The largest absolute Gasteiger partial charge is 0.375 e. The van der Waals surface area contributed by atoms with Crippen molar-refractivity contribution in [2.75, 3.05) is 13.2 Å². The molecule has 0 aliphatic heterocycles. The van der Waals surface area contributed by atoms with Gasteiger partial charge in [0.1, 0.15) is 5.82 Å². The second-order valence-electron chi connectivity index (χ2n) is 3.05. The van der Waals surface area contributed by atoms with Crippen LogP contribution in [0.2, 0.25) is 5.02 Å². The van der Waals surface area contributed by atoms with Gasteiger partial charge in [-0.15, -0.1) is 0 Å². The van der Waals surface area contributed by atoms with Gasteiger partial charge in [0.2, 0.25) is 0 Å². The van der Waals surface area contributed by atoms with Crippen LogP contribution in [0.25, 0.3) is 0 Å². The van der Waals surface area contributed by atoms with Gasteiger partial charge in [0.05, 0.1) is 18.2 Å². The van der Waals surface area contributed by atoms with E-state index in [2.05, 4.69) is 0 Å². The highest BCUT2D eigenvalue weighted by Crippen LogP contribution is 2.20. The second kappa shape index (κ2) is 5.29. The lowest BCUT2D eigenvalue weighted by atomic mass is 10.1. The quantitative estimate of drug-likeness (QED) is 0.786. The summed E-state index contributed by atoms with van der Waals surface area (Å²) in [6.45, 7) is 3.06. The van der Waals surface area contributed by atoms with Gasteiger partial charge in [-0.2, -0.15) is 0 Å². The Morgan fingerprint density at radius 1 is 1.50 bits per heavy atom. The van der Waals surface area contributed by atoms with Crippen molar-refractivity contribution in [1.29, 1.82) is 0 Å². The third kappa shape index (κ3) is 2.94. The zero-order valence-electron chi connectivity index (χ0n) is 8.02. The molecule has 1 aromatic rings. The molecule has 0 atom stereocenters. The molecule has 1 rings (SSSR count). The molecule has 2 N–H and O–H groups in total. The molecule has 0 amide bonds. The van der Waals surface area contributed by atoms with Gasteiger partial charge in [0.15, 0.2) is 0 Å². The lowest BCUT2D eigenvalue weighted by Crippen LogP contribution is -2.08. The molecule has 0 saturated carbocycles. The van der Waals surface area contributed by atoms with Crippen LogP contribution >= 0.6 is 11.6 Å². The van der Waals surface area contributed by atoms with Crippen LogP contribution in [0.3, 0.4) is 0 Å². The summed E-state index contributed by atoms with van der Waals surface area (Å²) >= 11 is 5.68. The van der Waals surface area contributed by atoms with Crippen LogP contribution in [0.5, 0.6) is 0 Å². The summed E-state index contributed by atoms with van der Waals surface area (Å²) in [7, 11) is 0. The molecule has 0 aliphatic rings. The van der Waals surface area contributed by atoms with Crippen molar-refractivity contribution >= 4 is 11.6 Å². The minimum atomic E-state index is -0.366. The van der Waals surface area contributed by atoms with E-state index in [9.17, 15) is 4.39 Å². The molecule has 0 unspecified atom stereocenters. The highest BCUT2D eigenvalue weighted by molar-refractivity contribution is 6.30. The fourth-order valence-corrected chi connectivity index (χ4v) is 1.44. The van der Waals surface area contributed by atoms with Gasteiger partial charge >= 0.3 is 0 Å². The lowest BCUT2D eigenvalue weighted by Gasteiger charge is -2.06. The number of aryl methyl sites for hydroxylation is 1. The van der Waals surface area contributed by atoms with Crippen LogP contribution < -0.4 is 5.73 Å². The van der Waals surface area contributed by atoms with Crippen LogP contribution in [0.4, 0.5) is 4.39 Å². The maximum absolute atomic E-state index is 13.1. The van der Waals surface area contributed by atoms with E-state index in [-0.39, 0.29) is 10.8 Å². The van der Waals surface area contributed by atoms with Crippen molar-refractivity contribution in [2.24, 2.45) is 5.73 Å². The van der Waals surface area contributed by atoms with Crippen LogP contribution in [0.1, 0.15) is 11.1 Å². The first kappa shape index (κ1) is 11.4. The van der Waals surface area contributed by atoms with Gasteiger partial charge in [0, 0.05) is 6.54 Å². The van der Waals surface area contributed by atoms with E-state index in [1.54, 1.807) is 19.1 Å². The molecule has 2 nitrogen and oxygen atoms in total. The molecule has 0 radical (unpaired) electrons. The molecular weight excluding hydrogens is 205 g/mol. The number of ether oxygens (including phenoxy) is 1. The topological polar surface area (TPSA) is 35.2 Å². The molecule has 0 aliphatic carbocycles. The molecule has 0 fully saturated rings. The molecule has 4 heteroatoms. The van der Waals surface area contributed by atoms with Crippen molar-refractivity contribution in [3.8, 4) is 0 Å². The Labute approximate surface area is 87.8 Å². The van der Waals surface area contributed by atoms with Gasteiger partial charge in [-0.25, -0.2) is 4.39 Å². The van der Waals surface area contributed by atoms with E-state index >= 15 is 0 Å². The minimum Gasteiger partial charge on any atom is -0.375 e. The smallest absolute Gasteiger partial charge is 0.144 e. The first-order valence-electron chi connectivity index (χ1n) is 4.37. The predicted octanol–water partition coefficient (Wildman–Crippen LogP) is 2.26. The molecule has 1 aromatic carbocycles. The number of nitrogens with two attached hydrogens (primary N) is 1. The molecule has 78 valence electrons. The van der Waals surface area contributed by atoms with E-state index < -0.39 is 0 Å². The maximum Gasteiger partial charge on any atom is 0.144 e. The van der Waals surface area contributed by atoms with E-state index in [1.165, 1.54) is 0 Å². The third-order valence-corrected chi connectivity index (χ3v) is 2.08. The Kier molecular flexibility index (Phi) is 4.32. The Morgan fingerprint density at radius 2 is 2.21 bits per heavy atom. The average Bonchev–Trinajstić information content (AvgIpc) is 2.14. The fraction of sp³-hybridized carbons (Fsp3) is 0.400. The highest BCUT2D eigenvalue weighted by Gasteiger charge is 2.05. The number of benzene rings is 1. The summed E-state index contributed by atoms with van der Waals surface area (Å²) in [6.07, 6.45) is 0. The van der Waals surface area contributed by atoms with Crippen LogP contribution in [-0.2, 0) is 11.3 Å². The molecule has 0 bridgehead atoms. The number of halogens is 2. The van der Waals surface area contributed by atoms with Gasteiger partial charge in [0.25, 0.3) is 0 Å². The summed E-state index contributed by atoms with van der Waals surface area (Å²) in [5.41, 5.74) is 6.66. The van der Waals surface area contributed by atoms with Crippen LogP contribution in [0.15, 0.2) is 12.1 Å². The Hall–Kier alpha value is -0.640. The monoisotopic (exact) mass is 217 g/mol. The molecule has 14 heavy (non-hydrogen) atoms. The first-order valence-corrected chi connectivity index (χ1v) is 4.75. The van der Waals surface area contributed by atoms with Crippen molar-refractivity contribution in [3.63, 3.8) is 0 Å². The van der Waals surface area contributed by atoms with Crippen molar-refractivity contribution in [3.05, 3.63) is 34.1 Å². The van der Waals surface area contributed by atoms with E-state index in [0.717, 1.165) is 5.56 Å². The Balaban J connectivity index is 2.69. The fourth-order valence-electron chi connectivity index (χ4n) is 1.15. The molecule has 0 aromatic heterocycles. The normalized spacial score (nSPS) is 10.6. The zero-order chi connectivity index (χ0) is 10.6. The predicted molar refractivity (Wildman–Crippen MR) is 54.9 cm³/mol. The molecule has 0 spiro atoms. The maximum atomic E-state index is 13.1. The van der Waals surface area contributed by atoms with Crippen molar-refractivity contribution in [1.82, 2.24) is 0 Å². The van der Waals surface area contributed by atoms with Crippen molar-refractivity contribution < 1.29 is 9.13 Å². The van der Waals surface area contributed by atoms with E-state index in [0.29, 0.717) is 25.3 Å². The Morgan fingerprint density at radius 3 is 2.79 bits per heavy atom. The summed E-state index contributed by atoms with van der Waals surface area (Å²) in [4.78, 5) is 0. The molecule has 0 saturated heterocycles. The standard InChI is InChI=1S/C10H13ClFNO/c1-7-4-8(6-14-3-2-13)5-9(11)10(7)12/h4-5H,2-3,6,13H2,1H3. The average molecular weight is 218 g/mol. The van der Waals surface area contributed by atoms with Crippen LogP contribution in [-0.4, -0.2) is 13.2 Å². The molecular formula is C10H13ClFNO. The Bertz CT molecular complexity index is 294. The minimum absolute atomic E-state index is 0.136. The SMILES string of the molecule is Cc1cc(COCCN)cc(Cl)c1F. The number of rotatable bonds is 4. The summed E-state index contributed by atoms with van der Waals surface area (Å²) in [5.74, 6) is -0.366. The van der Waals surface area contributed by atoms with Gasteiger partial charge in [-0.3, -0.25) is 0 Å². The van der Waals surface area contributed by atoms with E-state index in [1.807, 2.05) is 0 Å². The summed E-state index contributed by atoms with van der Waals surface area (Å²) in [5, 5.41) is 0.136. The zero-order valence-corrected chi connectivity index (χ0v) is 8.77. The van der Waals surface area contributed by atoms with Gasteiger partial charge < -0.3 is 10.5 Å². The summed E-state index contributed by atoms with van der Waals surface area (Å²) in [6, 6.07) is 3.29. The molecule has 0 heterocycles. The second-order valence-corrected chi connectivity index (χ2v) is 3.46. The number of hydrogen-bond donors (Lipinski definition) is 1.